The summed E-state index contributed by atoms with van der Waals surface area (Å²) in [5, 5.41) is 11.5. The summed E-state index contributed by atoms with van der Waals surface area (Å²) < 4.78 is 5.76. The number of aromatic nitrogens is 1. The highest BCUT2D eigenvalue weighted by Crippen LogP contribution is 2.34. The number of aliphatic hydroxyl groups is 1. The molecule has 3 aromatic rings. The third-order valence-corrected chi connectivity index (χ3v) is 5.35. The Morgan fingerprint density at radius 3 is 2.54 bits per heavy atom. The monoisotopic (exact) mass is 377 g/mol. The summed E-state index contributed by atoms with van der Waals surface area (Å²) in [6, 6.07) is 18.5. The Labute approximate surface area is 166 Å². The molecule has 0 bridgehead atoms. The SMILES string of the molecule is CCN1CCN(c2nc(-c3ccccc3OCCO)cc3ccccc23)CC1. The van der Waals surface area contributed by atoms with Crippen molar-refractivity contribution in [3.63, 3.8) is 0 Å². The number of hydrogen-bond donors (Lipinski definition) is 1. The van der Waals surface area contributed by atoms with Crippen LogP contribution in [0.3, 0.4) is 0 Å². The van der Waals surface area contributed by atoms with Gasteiger partial charge in [0.05, 0.1) is 12.3 Å². The molecule has 4 rings (SSSR count). The highest BCUT2D eigenvalue weighted by atomic mass is 16.5. The van der Waals surface area contributed by atoms with E-state index in [0.29, 0.717) is 0 Å². The summed E-state index contributed by atoms with van der Waals surface area (Å²) in [5.74, 6) is 1.79. The van der Waals surface area contributed by atoms with Crippen molar-refractivity contribution in [1.29, 1.82) is 0 Å². The Balaban J connectivity index is 1.77. The molecule has 5 nitrogen and oxygen atoms in total. The number of rotatable bonds is 6. The number of piperazine rings is 1. The molecule has 1 N–H and O–H groups in total. The Hall–Kier alpha value is -2.63. The minimum atomic E-state index is -0.00750. The van der Waals surface area contributed by atoms with Gasteiger partial charge in [0.25, 0.3) is 0 Å². The molecule has 1 aromatic heterocycles. The molecule has 0 radical (unpaired) electrons. The minimum Gasteiger partial charge on any atom is -0.490 e. The second kappa shape index (κ2) is 8.59. The van der Waals surface area contributed by atoms with Crippen LogP contribution in [0.5, 0.6) is 5.75 Å². The molecule has 0 atom stereocenters. The molecule has 5 heteroatoms. The van der Waals surface area contributed by atoms with Gasteiger partial charge in [0.2, 0.25) is 0 Å². The van der Waals surface area contributed by atoms with Gasteiger partial charge in [-0.1, -0.05) is 43.3 Å². The van der Waals surface area contributed by atoms with Crippen LogP contribution in [0.1, 0.15) is 6.92 Å². The Morgan fingerprint density at radius 1 is 1.00 bits per heavy atom. The number of ether oxygens (including phenoxy) is 1. The first kappa shape index (κ1) is 18.7. The number of aliphatic hydroxyl groups excluding tert-OH is 1. The molecular formula is C23H27N3O2. The van der Waals surface area contributed by atoms with E-state index in [1.807, 2.05) is 24.3 Å². The van der Waals surface area contributed by atoms with Gasteiger partial charge in [-0.15, -0.1) is 0 Å². The van der Waals surface area contributed by atoms with Gasteiger partial charge in [0.1, 0.15) is 18.2 Å². The number of hydrogen-bond acceptors (Lipinski definition) is 5. The predicted octanol–water partition coefficient (Wildman–Crippen LogP) is 3.41. The van der Waals surface area contributed by atoms with E-state index in [4.69, 9.17) is 14.8 Å². The van der Waals surface area contributed by atoms with Gasteiger partial charge in [-0.25, -0.2) is 4.98 Å². The number of para-hydroxylation sites is 1. The maximum atomic E-state index is 9.14. The number of likely N-dealkylation sites (N-methyl/N-ethyl adjacent to an activating group) is 1. The highest BCUT2D eigenvalue weighted by Gasteiger charge is 2.20. The normalized spacial score (nSPS) is 15.1. The lowest BCUT2D eigenvalue weighted by Crippen LogP contribution is -2.46. The van der Waals surface area contributed by atoms with Gasteiger partial charge in [0, 0.05) is 37.1 Å². The van der Waals surface area contributed by atoms with Gasteiger partial charge >= 0.3 is 0 Å². The van der Waals surface area contributed by atoms with Crippen LogP contribution in [0, 0.1) is 0 Å². The fourth-order valence-electron chi connectivity index (χ4n) is 3.80. The minimum absolute atomic E-state index is 0.00750. The molecule has 0 aliphatic carbocycles. The molecule has 0 amide bonds. The number of fused-ring (bicyclic) bond motifs is 1. The summed E-state index contributed by atoms with van der Waals surface area (Å²) >= 11 is 0. The van der Waals surface area contributed by atoms with Crippen LogP contribution in [0.2, 0.25) is 0 Å². The van der Waals surface area contributed by atoms with Crippen molar-refractivity contribution in [2.75, 3.05) is 50.8 Å². The molecule has 146 valence electrons. The maximum Gasteiger partial charge on any atom is 0.137 e. The second-order valence-corrected chi connectivity index (χ2v) is 7.04. The quantitative estimate of drug-likeness (QED) is 0.713. The van der Waals surface area contributed by atoms with Crippen molar-refractivity contribution in [3.8, 4) is 17.0 Å². The molecular weight excluding hydrogens is 350 g/mol. The second-order valence-electron chi connectivity index (χ2n) is 7.04. The highest BCUT2D eigenvalue weighted by molar-refractivity contribution is 5.95. The number of nitrogens with zero attached hydrogens (tertiary/aromatic N) is 3. The van der Waals surface area contributed by atoms with Crippen LogP contribution in [0.25, 0.3) is 22.0 Å². The predicted molar refractivity (Wildman–Crippen MR) is 114 cm³/mol. The number of pyridine rings is 1. The molecule has 1 fully saturated rings. The van der Waals surface area contributed by atoms with Gasteiger partial charge < -0.3 is 19.6 Å². The van der Waals surface area contributed by atoms with E-state index in [1.165, 1.54) is 10.8 Å². The summed E-state index contributed by atoms with van der Waals surface area (Å²) in [4.78, 5) is 9.95. The van der Waals surface area contributed by atoms with E-state index < -0.39 is 0 Å². The lowest BCUT2D eigenvalue weighted by atomic mass is 10.1. The van der Waals surface area contributed by atoms with Crippen LogP contribution in [-0.4, -0.2) is 60.9 Å². The lowest BCUT2D eigenvalue weighted by molar-refractivity contribution is 0.202. The fourth-order valence-corrected chi connectivity index (χ4v) is 3.80. The van der Waals surface area contributed by atoms with Crippen LogP contribution in [0.4, 0.5) is 5.82 Å². The third kappa shape index (κ3) is 3.81. The molecule has 0 saturated carbocycles. The van der Waals surface area contributed by atoms with Gasteiger partial charge in [0.15, 0.2) is 0 Å². The summed E-state index contributed by atoms with van der Waals surface area (Å²) in [5.41, 5.74) is 1.86. The standard InChI is InChI=1S/C23H27N3O2/c1-2-25-11-13-26(14-12-25)23-19-8-4-3-7-18(19)17-21(24-23)20-9-5-6-10-22(20)28-16-15-27/h3-10,17,27H,2,11-16H2,1H3. The average Bonchev–Trinajstić information content (AvgIpc) is 2.77. The van der Waals surface area contributed by atoms with E-state index in [2.05, 4.69) is 47.1 Å². The zero-order chi connectivity index (χ0) is 19.3. The van der Waals surface area contributed by atoms with Gasteiger partial charge in [-0.3, -0.25) is 0 Å². The van der Waals surface area contributed by atoms with E-state index in [1.54, 1.807) is 0 Å². The molecule has 2 heterocycles. The molecule has 28 heavy (non-hydrogen) atoms. The molecule has 0 unspecified atom stereocenters. The summed E-state index contributed by atoms with van der Waals surface area (Å²) in [6.07, 6.45) is 0. The van der Waals surface area contributed by atoms with Gasteiger partial charge in [-0.2, -0.15) is 0 Å². The van der Waals surface area contributed by atoms with E-state index in [9.17, 15) is 0 Å². The summed E-state index contributed by atoms with van der Waals surface area (Å²) in [6.45, 7) is 7.67. The van der Waals surface area contributed by atoms with Crippen molar-refractivity contribution in [1.82, 2.24) is 9.88 Å². The smallest absolute Gasteiger partial charge is 0.137 e. The largest absolute Gasteiger partial charge is 0.490 e. The summed E-state index contributed by atoms with van der Waals surface area (Å²) in [7, 11) is 0. The molecule has 0 spiro atoms. The zero-order valence-corrected chi connectivity index (χ0v) is 16.3. The van der Waals surface area contributed by atoms with Crippen LogP contribution in [0.15, 0.2) is 54.6 Å². The number of anilines is 1. The Morgan fingerprint density at radius 2 is 1.75 bits per heavy atom. The van der Waals surface area contributed by atoms with Crippen molar-refractivity contribution >= 4 is 16.6 Å². The van der Waals surface area contributed by atoms with Gasteiger partial charge in [-0.05, 0) is 30.1 Å². The first-order chi connectivity index (χ1) is 13.8. The van der Waals surface area contributed by atoms with E-state index in [-0.39, 0.29) is 13.2 Å². The molecule has 1 aliphatic rings. The van der Waals surface area contributed by atoms with E-state index in [0.717, 1.165) is 55.5 Å². The Kier molecular flexibility index (Phi) is 5.74. The first-order valence-corrected chi connectivity index (χ1v) is 10.0. The van der Waals surface area contributed by atoms with E-state index >= 15 is 0 Å². The average molecular weight is 377 g/mol. The van der Waals surface area contributed by atoms with Crippen molar-refractivity contribution < 1.29 is 9.84 Å². The molecule has 1 aliphatic heterocycles. The molecule has 1 saturated heterocycles. The lowest BCUT2D eigenvalue weighted by Gasteiger charge is -2.35. The maximum absolute atomic E-state index is 9.14. The van der Waals surface area contributed by atoms with Crippen LogP contribution >= 0.6 is 0 Å². The first-order valence-electron chi connectivity index (χ1n) is 10.0. The van der Waals surface area contributed by atoms with Crippen LogP contribution < -0.4 is 9.64 Å². The third-order valence-electron chi connectivity index (χ3n) is 5.35. The topological polar surface area (TPSA) is 48.8 Å². The zero-order valence-electron chi connectivity index (χ0n) is 16.3. The molecule has 2 aromatic carbocycles. The van der Waals surface area contributed by atoms with Crippen LogP contribution in [-0.2, 0) is 0 Å². The van der Waals surface area contributed by atoms with Crippen molar-refractivity contribution in [2.24, 2.45) is 0 Å². The van der Waals surface area contributed by atoms with Crippen molar-refractivity contribution in [3.05, 3.63) is 54.6 Å². The van der Waals surface area contributed by atoms with Crippen molar-refractivity contribution in [2.45, 2.75) is 6.92 Å². The fraction of sp³-hybridized carbons (Fsp3) is 0.348. The number of benzene rings is 2. The Bertz CT molecular complexity index is 936.